The van der Waals surface area contributed by atoms with Gasteiger partial charge in [0.25, 0.3) is 0 Å². The Balaban J connectivity index is 1.48. The van der Waals surface area contributed by atoms with E-state index in [0.29, 0.717) is 13.0 Å². The topological polar surface area (TPSA) is 45.2 Å². The van der Waals surface area contributed by atoms with Crippen LogP contribution in [0, 0.1) is 5.92 Å². The molecule has 1 aliphatic rings. The van der Waals surface area contributed by atoms with Crippen molar-refractivity contribution >= 4 is 17.5 Å². The van der Waals surface area contributed by atoms with Gasteiger partial charge < -0.3 is 5.32 Å². The largest absolute Gasteiger partial charge is 0.355 e. The van der Waals surface area contributed by atoms with Gasteiger partial charge in [0.15, 0.2) is 0 Å². The third kappa shape index (κ3) is 5.22. The van der Waals surface area contributed by atoms with Crippen molar-refractivity contribution in [3.8, 4) is 11.1 Å². The average Bonchev–Trinajstić information content (AvgIpc) is 2.90. The molecule has 1 unspecified atom stereocenters. The third-order valence-corrected chi connectivity index (χ3v) is 5.51. The number of rotatable bonds is 5. The van der Waals surface area contributed by atoms with Crippen molar-refractivity contribution in [2.45, 2.75) is 13.0 Å². The van der Waals surface area contributed by atoms with Gasteiger partial charge in [-0.2, -0.15) is 0 Å². The summed E-state index contributed by atoms with van der Waals surface area (Å²) in [6.45, 7) is 3.04. The first-order valence-electron chi connectivity index (χ1n) is 9.91. The van der Waals surface area contributed by atoms with Gasteiger partial charge in [-0.3, -0.25) is 14.7 Å². The fraction of sp³-hybridized carbons (Fsp3) is 0.250. The zero-order chi connectivity index (χ0) is 20.1. The molecule has 3 aromatic rings. The molecule has 1 aliphatic heterocycles. The highest BCUT2D eigenvalue weighted by molar-refractivity contribution is 6.30. The van der Waals surface area contributed by atoms with Crippen molar-refractivity contribution in [2.75, 3.05) is 19.6 Å². The van der Waals surface area contributed by atoms with Crippen LogP contribution in [0.4, 0.5) is 0 Å². The highest BCUT2D eigenvalue weighted by Gasteiger charge is 2.25. The van der Waals surface area contributed by atoms with Crippen molar-refractivity contribution in [3.63, 3.8) is 0 Å². The molecule has 0 bridgehead atoms. The van der Waals surface area contributed by atoms with Gasteiger partial charge in [0, 0.05) is 43.6 Å². The lowest BCUT2D eigenvalue weighted by Gasteiger charge is -2.23. The number of carbonyl (C=O) groups excluding carboxylic acids is 1. The summed E-state index contributed by atoms with van der Waals surface area (Å²) < 4.78 is 0. The van der Waals surface area contributed by atoms with Crippen LogP contribution in [-0.4, -0.2) is 35.4 Å². The maximum atomic E-state index is 12.7. The zero-order valence-corrected chi connectivity index (χ0v) is 17.0. The van der Waals surface area contributed by atoms with Crippen molar-refractivity contribution in [1.29, 1.82) is 0 Å². The van der Waals surface area contributed by atoms with Crippen LogP contribution in [0.1, 0.15) is 11.1 Å². The number of carbonyl (C=O) groups is 1. The van der Waals surface area contributed by atoms with Gasteiger partial charge in [-0.1, -0.05) is 54.1 Å². The van der Waals surface area contributed by atoms with E-state index in [9.17, 15) is 4.79 Å². The second-order valence-electron chi connectivity index (χ2n) is 7.50. The maximum Gasteiger partial charge on any atom is 0.224 e. The molecule has 1 saturated heterocycles. The molecule has 0 saturated carbocycles. The van der Waals surface area contributed by atoms with E-state index >= 15 is 0 Å². The van der Waals surface area contributed by atoms with Gasteiger partial charge in [0.1, 0.15) is 0 Å². The first-order chi connectivity index (χ1) is 14.2. The third-order valence-electron chi connectivity index (χ3n) is 5.28. The molecule has 1 atom stereocenters. The fourth-order valence-corrected chi connectivity index (χ4v) is 4.07. The molecular weight excluding hydrogens is 382 g/mol. The van der Waals surface area contributed by atoms with Crippen molar-refractivity contribution < 1.29 is 4.79 Å². The molecule has 5 heteroatoms. The molecule has 2 heterocycles. The summed E-state index contributed by atoms with van der Waals surface area (Å²) in [5.41, 5.74) is 4.54. The normalized spacial score (nSPS) is 17.6. The first kappa shape index (κ1) is 19.6. The summed E-state index contributed by atoms with van der Waals surface area (Å²) in [4.78, 5) is 19.2. The minimum atomic E-state index is -0.0826. The smallest absolute Gasteiger partial charge is 0.224 e. The second kappa shape index (κ2) is 9.21. The van der Waals surface area contributed by atoms with E-state index < -0.39 is 0 Å². The number of halogens is 1. The molecule has 4 nitrogen and oxygen atoms in total. The molecule has 1 fully saturated rings. The van der Waals surface area contributed by atoms with Crippen molar-refractivity contribution in [1.82, 2.24) is 15.2 Å². The molecule has 29 heavy (non-hydrogen) atoms. The lowest BCUT2D eigenvalue weighted by Crippen LogP contribution is -2.33. The number of hydrogen-bond donors (Lipinski definition) is 1. The Morgan fingerprint density at radius 3 is 2.69 bits per heavy atom. The van der Waals surface area contributed by atoms with Crippen LogP contribution in [0.15, 0.2) is 73.1 Å². The molecule has 1 N–H and O–H groups in total. The van der Waals surface area contributed by atoms with E-state index in [1.807, 2.05) is 30.5 Å². The van der Waals surface area contributed by atoms with Crippen LogP contribution in [0.2, 0.25) is 5.02 Å². The molecule has 148 valence electrons. The highest BCUT2D eigenvalue weighted by atomic mass is 35.5. The van der Waals surface area contributed by atoms with E-state index in [4.69, 9.17) is 11.6 Å². The van der Waals surface area contributed by atoms with Gasteiger partial charge in [-0.25, -0.2) is 0 Å². The Kier molecular flexibility index (Phi) is 6.23. The van der Waals surface area contributed by atoms with E-state index in [2.05, 4.69) is 51.6 Å². The van der Waals surface area contributed by atoms with E-state index in [1.165, 1.54) is 5.56 Å². The summed E-state index contributed by atoms with van der Waals surface area (Å²) >= 11 is 6.13. The maximum absolute atomic E-state index is 12.7. The SMILES string of the molecule is O=C1NCCN(Cc2cccc(Cl)c2)CC1Cc1cccc(-c2cccnc2)c1. The lowest BCUT2D eigenvalue weighted by molar-refractivity contribution is -0.124. The van der Waals surface area contributed by atoms with Crippen LogP contribution < -0.4 is 5.32 Å². The molecule has 4 rings (SSSR count). The van der Waals surface area contributed by atoms with Gasteiger partial charge in [-0.05, 0) is 46.9 Å². The summed E-state index contributed by atoms with van der Waals surface area (Å²) in [6.07, 6.45) is 4.36. The Labute approximate surface area is 176 Å². The van der Waals surface area contributed by atoms with Crippen LogP contribution in [0.5, 0.6) is 0 Å². The number of aromatic nitrogens is 1. The average molecular weight is 406 g/mol. The summed E-state index contributed by atoms with van der Waals surface area (Å²) in [5.74, 6) is 0.0474. The molecule has 1 aromatic heterocycles. The van der Waals surface area contributed by atoms with E-state index in [0.717, 1.165) is 41.3 Å². The fourth-order valence-electron chi connectivity index (χ4n) is 3.86. The van der Waals surface area contributed by atoms with E-state index in [1.54, 1.807) is 6.20 Å². The van der Waals surface area contributed by atoms with Gasteiger partial charge in [0.05, 0.1) is 5.92 Å². The van der Waals surface area contributed by atoms with E-state index in [-0.39, 0.29) is 11.8 Å². The number of nitrogens with zero attached hydrogens (tertiary/aromatic N) is 2. The van der Waals surface area contributed by atoms with Crippen molar-refractivity contribution in [2.24, 2.45) is 5.92 Å². The highest BCUT2D eigenvalue weighted by Crippen LogP contribution is 2.22. The number of benzene rings is 2. The van der Waals surface area contributed by atoms with Gasteiger partial charge in [0.2, 0.25) is 5.91 Å². The quantitative estimate of drug-likeness (QED) is 0.692. The summed E-state index contributed by atoms with van der Waals surface area (Å²) in [5, 5.41) is 3.82. The number of pyridine rings is 1. The summed E-state index contributed by atoms with van der Waals surface area (Å²) in [7, 11) is 0. The van der Waals surface area contributed by atoms with Crippen LogP contribution in [0.3, 0.4) is 0 Å². The van der Waals surface area contributed by atoms with Crippen LogP contribution in [0.25, 0.3) is 11.1 Å². The van der Waals surface area contributed by atoms with Gasteiger partial charge in [-0.15, -0.1) is 0 Å². The minimum absolute atomic E-state index is 0.0826. The first-order valence-corrected chi connectivity index (χ1v) is 10.3. The lowest BCUT2D eigenvalue weighted by atomic mass is 9.95. The second-order valence-corrected chi connectivity index (χ2v) is 7.94. The minimum Gasteiger partial charge on any atom is -0.355 e. The molecule has 2 aromatic carbocycles. The number of amides is 1. The Hall–Kier alpha value is -2.69. The standard InChI is InChI=1S/C24H24ClN3O/c25-23-8-2-5-19(14-23)16-28-11-10-27-24(29)22(17-28)13-18-4-1-6-20(12-18)21-7-3-9-26-15-21/h1-9,12,14-15,22H,10-11,13,16-17H2,(H,27,29). The number of nitrogens with one attached hydrogen (secondary N) is 1. The predicted octanol–water partition coefficient (Wildman–Crippen LogP) is 4.19. The Bertz CT molecular complexity index is 977. The molecule has 0 radical (unpaired) electrons. The molecule has 1 amide bonds. The number of hydrogen-bond acceptors (Lipinski definition) is 3. The Morgan fingerprint density at radius 1 is 1.03 bits per heavy atom. The molecule has 0 aliphatic carbocycles. The zero-order valence-electron chi connectivity index (χ0n) is 16.2. The molecular formula is C24H24ClN3O. The summed E-state index contributed by atoms with van der Waals surface area (Å²) in [6, 6.07) is 20.3. The van der Waals surface area contributed by atoms with Crippen molar-refractivity contribution in [3.05, 3.63) is 89.2 Å². The van der Waals surface area contributed by atoms with Crippen LogP contribution in [-0.2, 0) is 17.8 Å². The molecule has 0 spiro atoms. The van der Waals surface area contributed by atoms with Gasteiger partial charge >= 0.3 is 0 Å². The Morgan fingerprint density at radius 2 is 1.86 bits per heavy atom. The van der Waals surface area contributed by atoms with Crippen LogP contribution >= 0.6 is 11.6 Å². The predicted molar refractivity (Wildman–Crippen MR) is 117 cm³/mol. The monoisotopic (exact) mass is 405 g/mol.